The smallest absolute Gasteiger partial charge is 0.226 e. The molecule has 1 amide bonds. The SMILES string of the molecule is CC1(C#N)CN(CCC(=O)Nc2sc3c(c2-c2nc4cnccc4s2)CCNC3)C1. The van der Waals surface area contributed by atoms with Crippen molar-refractivity contribution in [3.05, 3.63) is 28.9 Å². The van der Waals surface area contributed by atoms with Gasteiger partial charge in [0.15, 0.2) is 0 Å². The Hall–Kier alpha value is -2.38. The van der Waals surface area contributed by atoms with E-state index in [1.807, 2.05) is 13.0 Å². The van der Waals surface area contributed by atoms with Crippen LogP contribution in [0.2, 0.25) is 0 Å². The number of carbonyl (C=O) groups excluding carboxylic acids is 1. The zero-order chi connectivity index (χ0) is 20.7. The molecule has 0 aliphatic carbocycles. The second-order valence-electron chi connectivity index (χ2n) is 8.18. The number of fused-ring (bicyclic) bond motifs is 2. The molecule has 0 spiro atoms. The van der Waals surface area contributed by atoms with Gasteiger partial charge in [-0.3, -0.25) is 14.7 Å². The van der Waals surface area contributed by atoms with E-state index in [4.69, 9.17) is 10.2 Å². The lowest BCUT2D eigenvalue weighted by molar-refractivity contribution is -0.117. The van der Waals surface area contributed by atoms with Crippen LogP contribution < -0.4 is 10.6 Å². The van der Waals surface area contributed by atoms with E-state index >= 15 is 0 Å². The zero-order valence-corrected chi connectivity index (χ0v) is 18.3. The molecule has 30 heavy (non-hydrogen) atoms. The quantitative estimate of drug-likeness (QED) is 0.635. The van der Waals surface area contributed by atoms with Gasteiger partial charge < -0.3 is 10.6 Å². The van der Waals surface area contributed by atoms with Crippen molar-refractivity contribution < 1.29 is 4.79 Å². The Morgan fingerprint density at radius 1 is 1.43 bits per heavy atom. The van der Waals surface area contributed by atoms with Gasteiger partial charge >= 0.3 is 0 Å². The number of pyridine rings is 1. The summed E-state index contributed by atoms with van der Waals surface area (Å²) >= 11 is 3.30. The van der Waals surface area contributed by atoms with Gasteiger partial charge in [-0.2, -0.15) is 5.26 Å². The molecule has 9 heteroatoms. The number of nitrogens with zero attached hydrogens (tertiary/aromatic N) is 4. The van der Waals surface area contributed by atoms with Gasteiger partial charge in [0.1, 0.15) is 15.5 Å². The van der Waals surface area contributed by atoms with E-state index in [0.29, 0.717) is 13.0 Å². The largest absolute Gasteiger partial charge is 0.317 e. The maximum Gasteiger partial charge on any atom is 0.226 e. The lowest BCUT2D eigenvalue weighted by Gasteiger charge is -2.43. The number of hydrogen-bond donors (Lipinski definition) is 2. The van der Waals surface area contributed by atoms with E-state index in [-0.39, 0.29) is 11.3 Å². The third-order valence-electron chi connectivity index (χ3n) is 5.65. The first-order valence-corrected chi connectivity index (χ1v) is 11.7. The Bertz CT molecular complexity index is 1120. The molecular weight excluding hydrogens is 416 g/mol. The van der Waals surface area contributed by atoms with Crippen LogP contribution in [0, 0.1) is 16.7 Å². The van der Waals surface area contributed by atoms with Gasteiger partial charge in [-0.1, -0.05) is 0 Å². The number of nitriles is 1. The number of carbonyl (C=O) groups is 1. The summed E-state index contributed by atoms with van der Waals surface area (Å²) < 4.78 is 1.10. The Kier molecular flexibility index (Phi) is 5.03. The number of nitrogens with one attached hydrogen (secondary N) is 2. The maximum atomic E-state index is 12.7. The highest BCUT2D eigenvalue weighted by Crippen LogP contribution is 2.44. The normalized spacial score (nSPS) is 17.9. The summed E-state index contributed by atoms with van der Waals surface area (Å²) in [5.41, 5.74) is 3.01. The van der Waals surface area contributed by atoms with Crippen molar-refractivity contribution in [3.63, 3.8) is 0 Å². The van der Waals surface area contributed by atoms with E-state index < -0.39 is 0 Å². The van der Waals surface area contributed by atoms with Gasteiger partial charge in [0, 0.05) is 49.2 Å². The van der Waals surface area contributed by atoms with Crippen molar-refractivity contribution in [3.8, 4) is 16.6 Å². The number of rotatable bonds is 5. The maximum absolute atomic E-state index is 12.7. The summed E-state index contributed by atoms with van der Waals surface area (Å²) in [5.74, 6) is 0.0103. The molecule has 2 aliphatic heterocycles. The highest BCUT2D eigenvalue weighted by molar-refractivity contribution is 7.22. The first-order chi connectivity index (χ1) is 14.5. The standard InChI is InChI=1S/C21H22N6OS2/c1-21(10-22)11-27(12-21)7-4-17(28)26-20-18(13-2-5-24-9-16(13)30-20)19-25-14-8-23-6-3-15(14)29-19/h3,6,8,24H,2,4-5,7,9,11-12H2,1H3,(H,26,28). The second-order valence-corrected chi connectivity index (χ2v) is 10.3. The Balaban J connectivity index is 1.36. The van der Waals surface area contributed by atoms with Gasteiger partial charge in [0.25, 0.3) is 0 Å². The predicted octanol–water partition coefficient (Wildman–Crippen LogP) is 3.24. The lowest BCUT2D eigenvalue weighted by Crippen LogP contribution is -2.54. The van der Waals surface area contributed by atoms with E-state index in [2.05, 4.69) is 26.6 Å². The summed E-state index contributed by atoms with van der Waals surface area (Å²) in [6.45, 7) is 5.88. The van der Waals surface area contributed by atoms with Crippen molar-refractivity contribution in [1.29, 1.82) is 5.26 Å². The molecule has 2 aliphatic rings. The molecule has 0 unspecified atom stereocenters. The van der Waals surface area contributed by atoms with E-state index in [9.17, 15) is 4.79 Å². The third kappa shape index (κ3) is 3.61. The first-order valence-electron chi connectivity index (χ1n) is 10.0. The van der Waals surface area contributed by atoms with Crippen LogP contribution in [0.5, 0.6) is 0 Å². The summed E-state index contributed by atoms with van der Waals surface area (Å²) in [4.78, 5) is 25.1. The molecule has 1 fully saturated rings. The predicted molar refractivity (Wildman–Crippen MR) is 120 cm³/mol. The summed E-state index contributed by atoms with van der Waals surface area (Å²) in [7, 11) is 0. The molecule has 0 aromatic carbocycles. The molecule has 3 aromatic rings. The highest BCUT2D eigenvalue weighted by atomic mass is 32.1. The van der Waals surface area contributed by atoms with Crippen LogP contribution in [-0.4, -0.2) is 47.0 Å². The van der Waals surface area contributed by atoms with Crippen LogP contribution in [0.4, 0.5) is 5.00 Å². The molecule has 0 atom stereocenters. The van der Waals surface area contributed by atoms with Gasteiger partial charge in [0.05, 0.1) is 22.4 Å². The minimum Gasteiger partial charge on any atom is -0.317 e. The molecule has 1 saturated heterocycles. The van der Waals surface area contributed by atoms with Gasteiger partial charge in [-0.15, -0.1) is 22.7 Å². The van der Waals surface area contributed by atoms with Gasteiger partial charge in [-0.05, 0) is 31.5 Å². The van der Waals surface area contributed by atoms with Crippen molar-refractivity contribution in [2.24, 2.45) is 5.41 Å². The fraction of sp³-hybridized carbons (Fsp3) is 0.429. The Morgan fingerprint density at radius 3 is 3.10 bits per heavy atom. The average molecular weight is 439 g/mol. The Morgan fingerprint density at radius 2 is 2.30 bits per heavy atom. The summed E-state index contributed by atoms with van der Waals surface area (Å²) in [6.07, 6.45) is 4.93. The minimum atomic E-state index is -0.259. The second kappa shape index (κ2) is 7.71. The van der Waals surface area contributed by atoms with Gasteiger partial charge in [-0.25, -0.2) is 4.98 Å². The number of thiophene rings is 1. The number of likely N-dealkylation sites (tertiary alicyclic amines) is 1. The van der Waals surface area contributed by atoms with E-state index in [1.165, 1.54) is 10.4 Å². The highest BCUT2D eigenvalue weighted by Gasteiger charge is 2.38. The van der Waals surface area contributed by atoms with Crippen molar-refractivity contribution >= 4 is 43.8 Å². The molecule has 5 heterocycles. The number of hydrogen-bond acceptors (Lipinski definition) is 8. The molecule has 7 nitrogen and oxygen atoms in total. The number of thiazole rings is 1. The lowest BCUT2D eigenvalue weighted by atomic mass is 9.84. The fourth-order valence-electron chi connectivity index (χ4n) is 4.15. The first kappa shape index (κ1) is 19.6. The molecule has 3 aromatic heterocycles. The van der Waals surface area contributed by atoms with E-state index in [1.54, 1.807) is 35.1 Å². The van der Waals surface area contributed by atoms with Crippen molar-refractivity contribution in [2.75, 3.05) is 31.5 Å². The summed E-state index contributed by atoms with van der Waals surface area (Å²) in [5, 5.41) is 17.6. The minimum absolute atomic E-state index is 0.0103. The number of aromatic nitrogens is 2. The van der Waals surface area contributed by atoms with E-state index in [0.717, 1.165) is 58.4 Å². The average Bonchev–Trinajstić information content (AvgIpc) is 3.30. The molecule has 154 valence electrons. The van der Waals surface area contributed by atoms with Crippen LogP contribution in [-0.2, 0) is 17.8 Å². The molecular formula is C21H22N6OS2. The molecule has 0 saturated carbocycles. The fourth-order valence-corrected chi connectivity index (χ4v) is 6.47. The third-order valence-corrected chi connectivity index (χ3v) is 7.86. The molecule has 2 N–H and O–H groups in total. The van der Waals surface area contributed by atoms with Crippen molar-refractivity contribution in [2.45, 2.75) is 26.3 Å². The van der Waals surface area contributed by atoms with Crippen LogP contribution in [0.1, 0.15) is 23.8 Å². The number of amides is 1. The molecule has 5 rings (SSSR count). The monoisotopic (exact) mass is 438 g/mol. The zero-order valence-electron chi connectivity index (χ0n) is 16.7. The van der Waals surface area contributed by atoms with Crippen LogP contribution in [0.15, 0.2) is 18.5 Å². The Labute approximate surface area is 182 Å². The van der Waals surface area contributed by atoms with Crippen LogP contribution >= 0.6 is 22.7 Å². The van der Waals surface area contributed by atoms with Crippen LogP contribution in [0.3, 0.4) is 0 Å². The van der Waals surface area contributed by atoms with Crippen LogP contribution in [0.25, 0.3) is 20.8 Å². The molecule has 0 bridgehead atoms. The summed E-state index contributed by atoms with van der Waals surface area (Å²) in [6, 6.07) is 4.33. The topological polar surface area (TPSA) is 93.9 Å². The van der Waals surface area contributed by atoms with Crippen molar-refractivity contribution in [1.82, 2.24) is 20.2 Å². The van der Waals surface area contributed by atoms with Gasteiger partial charge in [0.2, 0.25) is 5.91 Å². The number of anilines is 1. The molecule has 0 radical (unpaired) electrons.